The van der Waals surface area contributed by atoms with E-state index in [1.807, 2.05) is 19.1 Å². The van der Waals surface area contributed by atoms with E-state index in [2.05, 4.69) is 4.98 Å². The molecule has 0 aliphatic heterocycles. The third kappa shape index (κ3) is 1.65. The third-order valence-corrected chi connectivity index (χ3v) is 2.34. The number of nitrogens with zero attached hydrogens (tertiary/aromatic N) is 3. The minimum atomic E-state index is 0.0494. The molecule has 14 heavy (non-hydrogen) atoms. The summed E-state index contributed by atoms with van der Waals surface area (Å²) in [6.07, 6.45) is 0.522. The topological polar surface area (TPSA) is 60.5 Å². The number of hydrogen-bond donors (Lipinski definition) is 0. The summed E-state index contributed by atoms with van der Waals surface area (Å²) in [5, 5.41) is 17.7. The molecular formula is C9H5Cl2N3. The van der Waals surface area contributed by atoms with Crippen molar-refractivity contribution in [3.63, 3.8) is 0 Å². The molecule has 0 spiro atoms. The van der Waals surface area contributed by atoms with E-state index in [1.165, 1.54) is 0 Å². The summed E-state index contributed by atoms with van der Waals surface area (Å²) in [6, 6.07) is 3.83. The fourth-order valence-electron chi connectivity index (χ4n) is 1.15. The molecule has 1 aromatic heterocycles. The van der Waals surface area contributed by atoms with Crippen molar-refractivity contribution in [3.8, 4) is 12.1 Å². The highest BCUT2D eigenvalue weighted by Gasteiger charge is 2.15. The Morgan fingerprint density at radius 1 is 1.14 bits per heavy atom. The molecule has 0 saturated heterocycles. The van der Waals surface area contributed by atoms with Gasteiger partial charge >= 0.3 is 0 Å². The maximum atomic E-state index is 8.81. The van der Waals surface area contributed by atoms with Gasteiger partial charge in [0.25, 0.3) is 0 Å². The van der Waals surface area contributed by atoms with Crippen LogP contribution in [-0.4, -0.2) is 4.98 Å². The smallest absolute Gasteiger partial charge is 0.148 e. The lowest BCUT2D eigenvalue weighted by Crippen LogP contribution is -1.98. The Hall–Kier alpha value is -1.29. The second-order valence-electron chi connectivity index (χ2n) is 2.50. The van der Waals surface area contributed by atoms with Gasteiger partial charge in [-0.15, -0.1) is 0 Å². The molecule has 0 aliphatic carbocycles. The lowest BCUT2D eigenvalue weighted by Gasteiger charge is -2.05. The Kier molecular flexibility index (Phi) is 3.30. The van der Waals surface area contributed by atoms with Crippen molar-refractivity contribution in [2.75, 3.05) is 0 Å². The van der Waals surface area contributed by atoms with Gasteiger partial charge in [-0.2, -0.15) is 10.5 Å². The Bertz CT molecular complexity index is 416. The Morgan fingerprint density at radius 2 is 1.57 bits per heavy atom. The van der Waals surface area contributed by atoms with Crippen molar-refractivity contribution in [2.45, 2.75) is 13.3 Å². The molecule has 0 bridgehead atoms. The van der Waals surface area contributed by atoms with Crippen LogP contribution in [0.5, 0.6) is 0 Å². The molecule has 5 heteroatoms. The summed E-state index contributed by atoms with van der Waals surface area (Å²) in [6.45, 7) is 1.82. The van der Waals surface area contributed by atoms with Crippen LogP contribution >= 0.6 is 23.2 Å². The minimum absolute atomic E-state index is 0.0494. The fourth-order valence-corrected chi connectivity index (χ4v) is 1.68. The molecule has 0 amide bonds. The molecule has 70 valence electrons. The Morgan fingerprint density at radius 3 is 1.86 bits per heavy atom. The summed E-state index contributed by atoms with van der Waals surface area (Å²) in [5.74, 6) is 0. The predicted octanol–water partition coefficient (Wildman–Crippen LogP) is 2.69. The zero-order chi connectivity index (χ0) is 10.7. The second kappa shape index (κ2) is 4.28. The van der Waals surface area contributed by atoms with Gasteiger partial charge in [-0.1, -0.05) is 30.1 Å². The van der Waals surface area contributed by atoms with Gasteiger partial charge in [-0.25, -0.2) is 4.98 Å². The molecule has 0 N–H and O–H groups in total. The largest absolute Gasteiger partial charge is 0.222 e. The van der Waals surface area contributed by atoms with Crippen LogP contribution in [0.3, 0.4) is 0 Å². The average molecular weight is 226 g/mol. The monoisotopic (exact) mass is 225 g/mol. The van der Waals surface area contributed by atoms with E-state index >= 15 is 0 Å². The molecule has 1 heterocycles. The van der Waals surface area contributed by atoms with Crippen LogP contribution in [0.1, 0.15) is 23.6 Å². The first kappa shape index (κ1) is 10.8. The standard InChI is InChI=1S/C9H5Cl2N3/c1-2-5-6(3-12)8(10)14-9(11)7(5)4-13/h2H2,1H3. The SMILES string of the molecule is CCc1c(C#N)c(Cl)nc(Cl)c1C#N. The van der Waals surface area contributed by atoms with Gasteiger partial charge in [0, 0.05) is 0 Å². The molecule has 0 atom stereocenters. The molecule has 0 saturated carbocycles. The average Bonchev–Trinajstić information content (AvgIpc) is 2.16. The van der Waals surface area contributed by atoms with Crippen LogP contribution in [-0.2, 0) is 6.42 Å². The lowest BCUT2D eigenvalue weighted by molar-refractivity contribution is 1.09. The van der Waals surface area contributed by atoms with E-state index in [0.717, 1.165) is 0 Å². The minimum Gasteiger partial charge on any atom is -0.222 e. The van der Waals surface area contributed by atoms with Crippen LogP contribution in [0.2, 0.25) is 10.3 Å². The van der Waals surface area contributed by atoms with Gasteiger partial charge in [0.2, 0.25) is 0 Å². The highest BCUT2D eigenvalue weighted by molar-refractivity contribution is 6.34. The zero-order valence-corrected chi connectivity index (χ0v) is 8.82. The molecular weight excluding hydrogens is 221 g/mol. The van der Waals surface area contributed by atoms with Crippen LogP contribution in [0.15, 0.2) is 0 Å². The molecule has 0 aromatic carbocycles. The van der Waals surface area contributed by atoms with Crippen molar-refractivity contribution >= 4 is 23.2 Å². The van der Waals surface area contributed by atoms with E-state index in [0.29, 0.717) is 12.0 Å². The van der Waals surface area contributed by atoms with Crippen molar-refractivity contribution < 1.29 is 0 Å². The highest BCUT2D eigenvalue weighted by atomic mass is 35.5. The van der Waals surface area contributed by atoms with E-state index < -0.39 is 0 Å². The summed E-state index contributed by atoms with van der Waals surface area (Å²) < 4.78 is 0. The van der Waals surface area contributed by atoms with E-state index in [9.17, 15) is 0 Å². The first-order valence-corrected chi connectivity index (χ1v) is 4.59. The van der Waals surface area contributed by atoms with Crippen LogP contribution in [0.25, 0.3) is 0 Å². The summed E-state index contributed by atoms with van der Waals surface area (Å²) in [4.78, 5) is 3.71. The maximum Gasteiger partial charge on any atom is 0.148 e. The third-order valence-electron chi connectivity index (χ3n) is 1.79. The summed E-state index contributed by atoms with van der Waals surface area (Å²) in [7, 11) is 0. The van der Waals surface area contributed by atoms with Crippen molar-refractivity contribution in [1.82, 2.24) is 4.98 Å². The number of halogens is 2. The first-order valence-electron chi connectivity index (χ1n) is 3.83. The Balaban J connectivity index is 3.64. The molecule has 0 unspecified atom stereocenters. The summed E-state index contributed by atoms with van der Waals surface area (Å²) in [5.41, 5.74) is 1.02. The fraction of sp³-hybridized carbons (Fsp3) is 0.222. The number of rotatable bonds is 1. The normalized spacial score (nSPS) is 9.21. The number of nitriles is 2. The van der Waals surface area contributed by atoms with Crippen LogP contribution in [0.4, 0.5) is 0 Å². The van der Waals surface area contributed by atoms with Gasteiger partial charge < -0.3 is 0 Å². The number of hydrogen-bond acceptors (Lipinski definition) is 3. The van der Waals surface area contributed by atoms with E-state index in [1.54, 1.807) is 0 Å². The van der Waals surface area contributed by atoms with E-state index in [-0.39, 0.29) is 21.4 Å². The predicted molar refractivity (Wildman–Crippen MR) is 53.1 cm³/mol. The molecule has 0 fully saturated rings. The molecule has 0 radical (unpaired) electrons. The summed E-state index contributed by atoms with van der Waals surface area (Å²) >= 11 is 11.4. The Labute approximate surface area is 91.5 Å². The highest BCUT2D eigenvalue weighted by Crippen LogP contribution is 2.26. The van der Waals surface area contributed by atoms with Crippen LogP contribution in [0, 0.1) is 22.7 Å². The van der Waals surface area contributed by atoms with E-state index in [4.69, 9.17) is 33.7 Å². The van der Waals surface area contributed by atoms with Gasteiger partial charge in [0.1, 0.15) is 22.4 Å². The zero-order valence-electron chi connectivity index (χ0n) is 7.30. The van der Waals surface area contributed by atoms with Gasteiger partial charge in [-0.3, -0.25) is 0 Å². The first-order chi connectivity index (χ1) is 6.65. The van der Waals surface area contributed by atoms with Crippen LogP contribution < -0.4 is 0 Å². The second-order valence-corrected chi connectivity index (χ2v) is 3.22. The quantitative estimate of drug-likeness (QED) is 0.691. The lowest BCUT2D eigenvalue weighted by atomic mass is 10.0. The van der Waals surface area contributed by atoms with Crippen molar-refractivity contribution in [3.05, 3.63) is 27.0 Å². The molecule has 0 aliphatic rings. The van der Waals surface area contributed by atoms with Gasteiger partial charge in [-0.05, 0) is 12.0 Å². The molecule has 1 rings (SSSR count). The van der Waals surface area contributed by atoms with Gasteiger partial charge in [0.15, 0.2) is 0 Å². The number of pyridine rings is 1. The van der Waals surface area contributed by atoms with Crippen molar-refractivity contribution in [1.29, 1.82) is 10.5 Å². The van der Waals surface area contributed by atoms with Crippen molar-refractivity contribution in [2.24, 2.45) is 0 Å². The number of aromatic nitrogens is 1. The molecule has 3 nitrogen and oxygen atoms in total. The molecule has 1 aromatic rings. The van der Waals surface area contributed by atoms with Gasteiger partial charge in [0.05, 0.1) is 11.1 Å². The maximum absolute atomic E-state index is 8.81.